The summed E-state index contributed by atoms with van der Waals surface area (Å²) in [4.78, 5) is 21.0. The minimum absolute atomic E-state index is 0.575. The minimum atomic E-state index is 0.575. The maximum absolute atomic E-state index is 5.26. The second-order valence-corrected chi connectivity index (χ2v) is 7.58. The molecule has 0 amide bonds. The van der Waals surface area contributed by atoms with Crippen molar-refractivity contribution >= 4 is 11.5 Å². The predicted molar refractivity (Wildman–Crippen MR) is 115 cm³/mol. The number of aromatic nitrogens is 5. The molecule has 0 aromatic carbocycles. The molecule has 0 aliphatic carbocycles. The predicted octanol–water partition coefficient (Wildman–Crippen LogP) is 3.31. The summed E-state index contributed by atoms with van der Waals surface area (Å²) in [5.74, 6) is 2.41. The Labute approximate surface area is 175 Å². The van der Waals surface area contributed by atoms with Crippen LogP contribution in [0.4, 0.5) is 5.82 Å². The van der Waals surface area contributed by atoms with Gasteiger partial charge < -0.3 is 14.0 Å². The highest BCUT2D eigenvalue weighted by atomic mass is 16.5. The second-order valence-electron chi connectivity index (χ2n) is 7.58. The third kappa shape index (κ3) is 3.96. The fraction of sp³-hybridized carbons (Fsp3) is 0.304. The lowest BCUT2D eigenvalue weighted by Crippen LogP contribution is -2.20. The van der Waals surface area contributed by atoms with Crippen LogP contribution in [0.25, 0.3) is 5.65 Å². The molecule has 7 heteroatoms. The Morgan fingerprint density at radius 3 is 2.70 bits per heavy atom. The summed E-state index contributed by atoms with van der Waals surface area (Å²) in [5.41, 5.74) is 4.05. The average Bonchev–Trinajstić information content (AvgIpc) is 3.45. The van der Waals surface area contributed by atoms with Gasteiger partial charge >= 0.3 is 0 Å². The summed E-state index contributed by atoms with van der Waals surface area (Å²) >= 11 is 0. The van der Waals surface area contributed by atoms with E-state index in [1.807, 2.05) is 41.2 Å². The van der Waals surface area contributed by atoms with Crippen LogP contribution in [0.5, 0.6) is 5.88 Å². The van der Waals surface area contributed by atoms with Gasteiger partial charge in [-0.15, -0.1) is 0 Å². The van der Waals surface area contributed by atoms with E-state index in [9.17, 15) is 0 Å². The van der Waals surface area contributed by atoms with E-state index in [2.05, 4.69) is 33.1 Å². The van der Waals surface area contributed by atoms with Crippen molar-refractivity contribution in [2.75, 3.05) is 25.1 Å². The van der Waals surface area contributed by atoms with Crippen LogP contribution in [0.2, 0.25) is 0 Å². The molecule has 5 rings (SSSR count). The molecule has 1 fully saturated rings. The van der Waals surface area contributed by atoms with Crippen LogP contribution in [0.1, 0.15) is 35.6 Å². The highest BCUT2D eigenvalue weighted by Crippen LogP contribution is 2.21. The highest BCUT2D eigenvalue weighted by molar-refractivity contribution is 5.45. The van der Waals surface area contributed by atoms with Crippen LogP contribution in [0.15, 0.2) is 55.0 Å². The number of hydrogen-bond donors (Lipinski definition) is 0. The fourth-order valence-corrected chi connectivity index (χ4v) is 3.92. The summed E-state index contributed by atoms with van der Waals surface area (Å²) in [6.07, 6.45) is 9.55. The maximum atomic E-state index is 5.26. The molecule has 0 bridgehead atoms. The van der Waals surface area contributed by atoms with Crippen molar-refractivity contribution in [1.82, 2.24) is 24.3 Å². The van der Waals surface area contributed by atoms with Gasteiger partial charge in [-0.05, 0) is 36.6 Å². The first-order valence-electron chi connectivity index (χ1n) is 10.3. The Kier molecular flexibility index (Phi) is 5.01. The summed E-state index contributed by atoms with van der Waals surface area (Å²) in [6, 6.07) is 12.1. The van der Waals surface area contributed by atoms with Gasteiger partial charge in [0.25, 0.3) is 0 Å². The molecule has 0 radical (unpaired) electrons. The quantitative estimate of drug-likeness (QED) is 0.495. The van der Waals surface area contributed by atoms with Gasteiger partial charge in [0.05, 0.1) is 24.9 Å². The average molecular weight is 400 g/mol. The van der Waals surface area contributed by atoms with Crippen molar-refractivity contribution in [1.29, 1.82) is 0 Å². The van der Waals surface area contributed by atoms with Crippen LogP contribution in [-0.2, 0) is 12.8 Å². The largest absolute Gasteiger partial charge is 0.481 e. The Balaban J connectivity index is 1.47. The number of ether oxygens (including phenoxy) is 1. The van der Waals surface area contributed by atoms with E-state index < -0.39 is 0 Å². The summed E-state index contributed by atoms with van der Waals surface area (Å²) in [7, 11) is 1.63. The van der Waals surface area contributed by atoms with Crippen molar-refractivity contribution in [3.8, 4) is 5.88 Å². The lowest BCUT2D eigenvalue weighted by atomic mass is 10.1. The van der Waals surface area contributed by atoms with E-state index in [-0.39, 0.29) is 0 Å². The molecular formula is C23H24N6O. The Bertz CT molecular complexity index is 1170. The van der Waals surface area contributed by atoms with E-state index in [0.29, 0.717) is 12.3 Å². The number of fused-ring (bicyclic) bond motifs is 1. The normalized spacial score (nSPS) is 13.8. The molecule has 0 N–H and O–H groups in total. The van der Waals surface area contributed by atoms with Gasteiger partial charge in [0.2, 0.25) is 5.88 Å². The fourth-order valence-electron chi connectivity index (χ4n) is 3.92. The van der Waals surface area contributed by atoms with Gasteiger partial charge in [-0.25, -0.2) is 19.9 Å². The van der Waals surface area contributed by atoms with E-state index in [1.165, 1.54) is 18.4 Å². The van der Waals surface area contributed by atoms with Gasteiger partial charge in [-0.3, -0.25) is 0 Å². The lowest BCUT2D eigenvalue weighted by Gasteiger charge is -2.18. The van der Waals surface area contributed by atoms with Gasteiger partial charge in [0.15, 0.2) is 0 Å². The number of methoxy groups -OCH3 is 1. The van der Waals surface area contributed by atoms with Gasteiger partial charge in [-0.2, -0.15) is 0 Å². The number of anilines is 1. The molecule has 4 aromatic heterocycles. The summed E-state index contributed by atoms with van der Waals surface area (Å²) in [5, 5.41) is 0. The van der Waals surface area contributed by atoms with Crippen LogP contribution in [0.3, 0.4) is 0 Å². The maximum Gasteiger partial charge on any atom is 0.213 e. The Morgan fingerprint density at radius 2 is 1.83 bits per heavy atom. The Morgan fingerprint density at radius 1 is 0.933 bits per heavy atom. The zero-order valence-electron chi connectivity index (χ0n) is 17.0. The molecule has 7 nitrogen and oxygen atoms in total. The first-order chi connectivity index (χ1) is 14.8. The highest BCUT2D eigenvalue weighted by Gasteiger charge is 2.17. The first kappa shape index (κ1) is 18.5. The minimum Gasteiger partial charge on any atom is -0.481 e. The standard InChI is InChI=1S/C23H24N6O/c1-30-23-6-4-5-18(26-23)15-20-25-19(16-22(27-20)28-9-2-3-10-28)13-17-7-11-29-12-8-24-21(29)14-17/h4-8,11-12,14,16H,2-3,9-10,13,15H2,1H3. The molecule has 0 atom stereocenters. The third-order valence-corrected chi connectivity index (χ3v) is 5.42. The first-order valence-corrected chi connectivity index (χ1v) is 10.3. The van der Waals surface area contributed by atoms with Crippen LogP contribution < -0.4 is 9.64 Å². The monoisotopic (exact) mass is 400 g/mol. The van der Waals surface area contributed by atoms with Crippen molar-refractivity contribution in [2.45, 2.75) is 25.7 Å². The SMILES string of the molecule is COc1cccc(Cc2nc(Cc3ccn4ccnc4c3)cc(N3CCCC3)n2)n1. The number of hydrogen-bond acceptors (Lipinski definition) is 6. The van der Waals surface area contributed by atoms with E-state index in [0.717, 1.165) is 48.2 Å². The molecule has 0 saturated carbocycles. The number of nitrogens with zero attached hydrogens (tertiary/aromatic N) is 6. The number of imidazole rings is 1. The zero-order chi connectivity index (χ0) is 20.3. The molecular weight excluding hydrogens is 376 g/mol. The van der Waals surface area contributed by atoms with Crippen molar-refractivity contribution in [3.63, 3.8) is 0 Å². The van der Waals surface area contributed by atoms with Gasteiger partial charge in [0, 0.05) is 50.2 Å². The van der Waals surface area contributed by atoms with Crippen molar-refractivity contribution in [2.24, 2.45) is 0 Å². The van der Waals surface area contributed by atoms with Crippen molar-refractivity contribution < 1.29 is 4.74 Å². The van der Waals surface area contributed by atoms with Crippen molar-refractivity contribution in [3.05, 3.63) is 77.8 Å². The number of rotatable bonds is 6. The molecule has 1 saturated heterocycles. The Hall–Kier alpha value is -3.48. The van der Waals surface area contributed by atoms with Crippen LogP contribution >= 0.6 is 0 Å². The molecule has 30 heavy (non-hydrogen) atoms. The van der Waals surface area contributed by atoms with E-state index in [4.69, 9.17) is 14.7 Å². The molecule has 4 aromatic rings. The van der Waals surface area contributed by atoms with Gasteiger partial charge in [0.1, 0.15) is 17.3 Å². The zero-order valence-corrected chi connectivity index (χ0v) is 17.0. The molecule has 5 heterocycles. The smallest absolute Gasteiger partial charge is 0.213 e. The van der Waals surface area contributed by atoms with Gasteiger partial charge in [-0.1, -0.05) is 6.07 Å². The van der Waals surface area contributed by atoms with Crippen LogP contribution in [0, 0.1) is 0 Å². The molecule has 0 unspecified atom stereocenters. The summed E-state index contributed by atoms with van der Waals surface area (Å²) in [6.45, 7) is 2.10. The number of pyridine rings is 2. The lowest BCUT2D eigenvalue weighted by molar-refractivity contribution is 0.396. The van der Waals surface area contributed by atoms with E-state index in [1.54, 1.807) is 7.11 Å². The topological polar surface area (TPSA) is 68.4 Å². The van der Waals surface area contributed by atoms with Crippen LogP contribution in [-0.4, -0.2) is 44.5 Å². The molecule has 1 aliphatic heterocycles. The van der Waals surface area contributed by atoms with E-state index >= 15 is 0 Å². The molecule has 1 aliphatic rings. The summed E-state index contributed by atoms with van der Waals surface area (Å²) < 4.78 is 7.27. The second kappa shape index (κ2) is 8.10. The molecule has 0 spiro atoms. The third-order valence-electron chi connectivity index (χ3n) is 5.42. The molecule has 152 valence electrons.